The average Bonchev–Trinajstić information content (AvgIpc) is 3.71. The van der Waals surface area contributed by atoms with Gasteiger partial charge in [-0.2, -0.15) is 0 Å². The van der Waals surface area contributed by atoms with Crippen molar-refractivity contribution < 1.29 is 0 Å². The molecule has 10 rings (SSSR count). The van der Waals surface area contributed by atoms with Gasteiger partial charge in [-0.3, -0.25) is 13.5 Å². The Morgan fingerprint density at radius 1 is 0.372 bits per heavy atom. The molecule has 4 nitrogen and oxygen atoms in total. The Balaban J connectivity index is 1.39. The maximum absolute atomic E-state index is 5.36. The van der Waals surface area contributed by atoms with Crippen molar-refractivity contribution in [1.82, 2.24) is 18.5 Å². The van der Waals surface area contributed by atoms with E-state index in [1.54, 1.807) is 0 Å². The van der Waals surface area contributed by atoms with Crippen molar-refractivity contribution >= 4 is 71.2 Å². The third-order valence-corrected chi connectivity index (χ3v) is 9.01. The normalized spacial score (nSPS) is 12.2. The molecule has 200 valence electrons. The standard InChI is InChI=1S/C39H24N4/c1-2-12-25(13-3-1)42-35-20-10-11-21-36(35)43-38-37(40-39(42)43)32-18-8-9-19-34(32)41(38)26-22-23-31-29-16-5-4-14-27(29)28-15-6-7-17-30(28)33(31)24-26/h1-24H. The van der Waals surface area contributed by atoms with E-state index in [-0.39, 0.29) is 0 Å². The van der Waals surface area contributed by atoms with Gasteiger partial charge in [0.25, 0.3) is 0 Å². The fourth-order valence-corrected chi connectivity index (χ4v) is 7.22. The molecule has 3 heterocycles. The Morgan fingerprint density at radius 3 is 1.60 bits per heavy atom. The Kier molecular flexibility index (Phi) is 4.42. The van der Waals surface area contributed by atoms with Crippen LogP contribution in [0.15, 0.2) is 146 Å². The minimum absolute atomic E-state index is 0.911. The van der Waals surface area contributed by atoms with Crippen molar-refractivity contribution in [2.24, 2.45) is 0 Å². The van der Waals surface area contributed by atoms with Crippen molar-refractivity contribution in [3.63, 3.8) is 0 Å². The van der Waals surface area contributed by atoms with Crippen LogP contribution in [0.5, 0.6) is 0 Å². The highest BCUT2D eigenvalue weighted by molar-refractivity contribution is 6.25. The number of hydrogen-bond acceptors (Lipinski definition) is 1. The number of fused-ring (bicyclic) bond motifs is 13. The Hall–Kier alpha value is -5.87. The summed E-state index contributed by atoms with van der Waals surface area (Å²) in [6.07, 6.45) is 0. The lowest BCUT2D eigenvalue weighted by Crippen LogP contribution is -1.98. The summed E-state index contributed by atoms with van der Waals surface area (Å²) in [7, 11) is 0. The number of hydrogen-bond donors (Lipinski definition) is 0. The van der Waals surface area contributed by atoms with E-state index in [2.05, 4.69) is 159 Å². The summed E-state index contributed by atoms with van der Waals surface area (Å²) in [5.41, 5.74) is 7.71. The van der Waals surface area contributed by atoms with Crippen molar-refractivity contribution in [1.29, 1.82) is 0 Å². The highest BCUT2D eigenvalue weighted by Crippen LogP contribution is 2.39. The zero-order valence-electron chi connectivity index (χ0n) is 23.1. The van der Waals surface area contributed by atoms with Gasteiger partial charge in [0.05, 0.1) is 16.6 Å². The molecule has 0 spiro atoms. The van der Waals surface area contributed by atoms with Crippen LogP contribution in [0, 0.1) is 0 Å². The van der Waals surface area contributed by atoms with Gasteiger partial charge in [-0.15, -0.1) is 0 Å². The van der Waals surface area contributed by atoms with Crippen LogP contribution in [0.25, 0.3) is 82.6 Å². The van der Waals surface area contributed by atoms with Crippen molar-refractivity contribution in [3.8, 4) is 11.4 Å². The second-order valence-corrected chi connectivity index (χ2v) is 11.3. The van der Waals surface area contributed by atoms with Gasteiger partial charge in [0, 0.05) is 16.8 Å². The fraction of sp³-hybridized carbons (Fsp3) is 0. The first-order valence-corrected chi connectivity index (χ1v) is 14.7. The summed E-state index contributed by atoms with van der Waals surface area (Å²) in [6, 6.07) is 52.2. The summed E-state index contributed by atoms with van der Waals surface area (Å²) < 4.78 is 7.00. The van der Waals surface area contributed by atoms with E-state index in [4.69, 9.17) is 4.98 Å². The van der Waals surface area contributed by atoms with Gasteiger partial charge in [0.1, 0.15) is 5.52 Å². The number of para-hydroxylation sites is 4. The van der Waals surface area contributed by atoms with Gasteiger partial charge in [0.2, 0.25) is 5.78 Å². The number of benzene rings is 7. The molecule has 0 aliphatic heterocycles. The van der Waals surface area contributed by atoms with E-state index >= 15 is 0 Å². The van der Waals surface area contributed by atoms with Gasteiger partial charge in [-0.05, 0) is 74.8 Å². The lowest BCUT2D eigenvalue weighted by molar-refractivity contribution is 1.08. The monoisotopic (exact) mass is 548 g/mol. The summed E-state index contributed by atoms with van der Waals surface area (Å²) in [5.74, 6) is 0.911. The second-order valence-electron chi connectivity index (χ2n) is 11.3. The smallest absolute Gasteiger partial charge is 0.221 e. The van der Waals surface area contributed by atoms with Gasteiger partial charge >= 0.3 is 0 Å². The van der Waals surface area contributed by atoms with Crippen LogP contribution in [-0.4, -0.2) is 18.5 Å². The highest BCUT2D eigenvalue weighted by atomic mass is 15.3. The predicted molar refractivity (Wildman–Crippen MR) is 179 cm³/mol. The molecule has 0 radical (unpaired) electrons. The highest BCUT2D eigenvalue weighted by Gasteiger charge is 2.23. The molecule has 0 atom stereocenters. The summed E-state index contributed by atoms with van der Waals surface area (Å²) >= 11 is 0. The van der Waals surface area contributed by atoms with Gasteiger partial charge < -0.3 is 0 Å². The van der Waals surface area contributed by atoms with Crippen LogP contribution in [-0.2, 0) is 0 Å². The minimum Gasteiger partial charge on any atom is -0.294 e. The summed E-state index contributed by atoms with van der Waals surface area (Å²) in [6.45, 7) is 0. The first-order valence-electron chi connectivity index (χ1n) is 14.7. The Morgan fingerprint density at radius 2 is 0.907 bits per heavy atom. The van der Waals surface area contributed by atoms with Crippen LogP contribution >= 0.6 is 0 Å². The molecule has 43 heavy (non-hydrogen) atoms. The molecule has 0 saturated heterocycles. The number of imidazole rings is 2. The molecular formula is C39H24N4. The molecule has 0 N–H and O–H groups in total. The maximum Gasteiger partial charge on any atom is 0.221 e. The van der Waals surface area contributed by atoms with Gasteiger partial charge in [-0.1, -0.05) is 103 Å². The molecule has 0 saturated carbocycles. The predicted octanol–water partition coefficient (Wildman–Crippen LogP) is 9.83. The van der Waals surface area contributed by atoms with Crippen LogP contribution in [0.3, 0.4) is 0 Å². The molecule has 0 fully saturated rings. The van der Waals surface area contributed by atoms with E-state index < -0.39 is 0 Å². The Bertz CT molecular complexity index is 2690. The van der Waals surface area contributed by atoms with Crippen molar-refractivity contribution in [3.05, 3.63) is 146 Å². The number of aromatic nitrogens is 4. The van der Waals surface area contributed by atoms with Crippen LogP contribution in [0.2, 0.25) is 0 Å². The third kappa shape index (κ3) is 2.97. The molecule has 7 aromatic carbocycles. The number of nitrogens with zero attached hydrogens (tertiary/aromatic N) is 4. The largest absolute Gasteiger partial charge is 0.294 e. The van der Waals surface area contributed by atoms with Crippen LogP contribution in [0.1, 0.15) is 0 Å². The molecule has 0 amide bonds. The lowest BCUT2D eigenvalue weighted by Gasteiger charge is -2.13. The van der Waals surface area contributed by atoms with E-state index in [9.17, 15) is 0 Å². The SMILES string of the molecule is c1ccc(-n2c3ccccc3n3c2nc2c4ccccc4n(-c4ccc5c6ccccc6c6ccccc6c5c4)c23)cc1. The van der Waals surface area contributed by atoms with Crippen LogP contribution in [0.4, 0.5) is 0 Å². The molecular weight excluding hydrogens is 524 g/mol. The lowest BCUT2D eigenvalue weighted by atomic mass is 9.94. The average molecular weight is 549 g/mol. The zero-order valence-corrected chi connectivity index (χ0v) is 23.1. The summed E-state index contributed by atoms with van der Waals surface area (Å²) in [5, 5.41) is 8.79. The van der Waals surface area contributed by atoms with E-state index in [0.29, 0.717) is 0 Å². The second kappa shape index (κ2) is 8.34. The van der Waals surface area contributed by atoms with Crippen molar-refractivity contribution in [2.75, 3.05) is 0 Å². The maximum atomic E-state index is 5.36. The topological polar surface area (TPSA) is 27.2 Å². The van der Waals surface area contributed by atoms with E-state index in [0.717, 1.165) is 50.3 Å². The van der Waals surface area contributed by atoms with Gasteiger partial charge in [-0.25, -0.2) is 4.98 Å². The Labute approximate surface area is 246 Å². The molecule has 10 aromatic rings. The molecule has 4 heteroatoms. The van der Waals surface area contributed by atoms with Crippen molar-refractivity contribution in [2.45, 2.75) is 0 Å². The van der Waals surface area contributed by atoms with E-state index in [1.807, 2.05) is 0 Å². The van der Waals surface area contributed by atoms with E-state index in [1.165, 1.54) is 32.3 Å². The van der Waals surface area contributed by atoms with Gasteiger partial charge in [0.15, 0.2) is 5.65 Å². The molecule has 0 aliphatic rings. The first-order chi connectivity index (χ1) is 21.4. The zero-order chi connectivity index (χ0) is 28.1. The molecule has 0 unspecified atom stereocenters. The molecule has 0 bridgehead atoms. The third-order valence-electron chi connectivity index (χ3n) is 9.01. The molecule has 0 aliphatic carbocycles. The fourth-order valence-electron chi connectivity index (χ4n) is 7.22. The molecule has 3 aromatic heterocycles. The first kappa shape index (κ1) is 22.8. The minimum atomic E-state index is 0.911. The number of rotatable bonds is 2. The quantitative estimate of drug-likeness (QED) is 0.198. The van der Waals surface area contributed by atoms with Crippen LogP contribution < -0.4 is 0 Å². The summed E-state index contributed by atoms with van der Waals surface area (Å²) in [4.78, 5) is 5.36.